The maximum atomic E-state index is 13.6. The summed E-state index contributed by atoms with van der Waals surface area (Å²) in [6, 6.07) is 11.9. The molecule has 3 amide bonds. The molecule has 4 N–H and O–H groups in total. The number of benzene rings is 2. The minimum Gasteiger partial charge on any atom is -0.477 e. The molecule has 0 radical (unpaired) electrons. The number of para-hydroxylation sites is 2. The fraction of sp³-hybridized carbons (Fsp3) is 0.231. The number of H-pyrrole nitrogens is 1. The predicted octanol–water partition coefficient (Wildman–Crippen LogP) is 0.683. The number of amides is 3. The fourth-order valence-electron chi connectivity index (χ4n) is 4.92. The number of rotatable bonds is 8. The smallest absolute Gasteiger partial charge is 0.352 e. The van der Waals surface area contributed by atoms with E-state index in [1.165, 1.54) is 33.1 Å². The predicted molar refractivity (Wildman–Crippen MR) is 155 cm³/mol. The van der Waals surface area contributed by atoms with E-state index >= 15 is 0 Å². The van der Waals surface area contributed by atoms with E-state index in [0.717, 1.165) is 4.57 Å². The number of carbonyl (C=O) groups excluding carboxylic acids is 3. The van der Waals surface area contributed by atoms with Gasteiger partial charge in [-0.2, -0.15) is 0 Å². The zero-order valence-electron chi connectivity index (χ0n) is 22.3. The zero-order valence-corrected chi connectivity index (χ0v) is 24.0. The van der Waals surface area contributed by atoms with Crippen LogP contribution in [-0.2, 0) is 21.4 Å². The van der Waals surface area contributed by atoms with Gasteiger partial charge in [0, 0.05) is 18.6 Å². The minimum absolute atomic E-state index is 0.131. The van der Waals surface area contributed by atoms with Gasteiger partial charge in [-0.3, -0.25) is 14.5 Å². The number of imidazole rings is 1. The first-order valence-corrected chi connectivity index (χ1v) is 14.9. The largest absolute Gasteiger partial charge is 0.477 e. The Morgan fingerprint density at radius 1 is 1.14 bits per heavy atom. The Balaban J connectivity index is 1.21. The quantitative estimate of drug-likeness (QED) is 0.159. The van der Waals surface area contributed by atoms with Crippen molar-refractivity contribution in [1.82, 2.24) is 45.3 Å². The second-order valence-electron chi connectivity index (χ2n) is 9.60. The van der Waals surface area contributed by atoms with Crippen LogP contribution in [0.3, 0.4) is 0 Å². The summed E-state index contributed by atoms with van der Waals surface area (Å²) in [7, 11) is 1.66. The van der Waals surface area contributed by atoms with Crippen LogP contribution in [0.4, 0.5) is 4.79 Å². The van der Waals surface area contributed by atoms with Crippen molar-refractivity contribution in [2.45, 2.75) is 22.6 Å². The number of nitrogens with zero attached hydrogens (tertiary/aromatic N) is 6. The molecule has 15 nitrogen and oxygen atoms in total. The van der Waals surface area contributed by atoms with Crippen molar-refractivity contribution in [2.24, 2.45) is 7.05 Å². The molecule has 2 aromatic heterocycles. The Morgan fingerprint density at radius 2 is 1.88 bits per heavy atom. The Morgan fingerprint density at radius 3 is 2.60 bits per heavy atom. The standard InChI is InChI=1S/C26H23N9O6S2/c1-33-26(30-31-32-33)43-12-14-11-42-22-18(21(37)35(22)19(14)23(38)39)28-20(36)17(13-7-3-2-4-8-13)29-25(41)34-16-10-6-5-9-15(16)27-24(34)40/h2-10,17-18,22H,11-12H2,1H3,(H,27,40)(H,28,36)(H,29,41)(H,38,39)/t17?,18?,22-/m1/s1. The van der Waals surface area contributed by atoms with Gasteiger partial charge in [0.05, 0.1) is 11.0 Å². The molecule has 0 bridgehead atoms. The van der Waals surface area contributed by atoms with Crippen LogP contribution in [-0.4, -0.2) is 86.5 Å². The Bertz CT molecular complexity index is 1850. The molecule has 2 aromatic carbocycles. The first-order chi connectivity index (χ1) is 20.7. The van der Waals surface area contributed by atoms with Crippen LogP contribution in [0.15, 0.2) is 75.8 Å². The van der Waals surface area contributed by atoms with Crippen molar-refractivity contribution in [2.75, 3.05) is 11.5 Å². The third-order valence-corrected chi connectivity index (χ3v) is 9.40. The van der Waals surface area contributed by atoms with Gasteiger partial charge in [0.2, 0.25) is 11.1 Å². The molecule has 3 atom stereocenters. The van der Waals surface area contributed by atoms with Gasteiger partial charge in [0.25, 0.3) is 5.91 Å². The number of aromatic amines is 1. The van der Waals surface area contributed by atoms with E-state index in [2.05, 4.69) is 31.1 Å². The average Bonchev–Trinajstić information content (AvgIpc) is 3.58. The van der Waals surface area contributed by atoms with Crippen LogP contribution in [0.2, 0.25) is 0 Å². The fourth-order valence-corrected chi connectivity index (χ4v) is 7.25. The number of aliphatic carboxylic acids is 1. The van der Waals surface area contributed by atoms with E-state index in [1.807, 2.05) is 0 Å². The number of hydrogen-bond acceptors (Lipinski definition) is 10. The van der Waals surface area contributed by atoms with E-state index in [0.29, 0.717) is 33.1 Å². The molecule has 2 aliphatic rings. The maximum absolute atomic E-state index is 13.6. The van der Waals surface area contributed by atoms with Gasteiger partial charge in [-0.15, -0.1) is 16.9 Å². The highest BCUT2D eigenvalue weighted by molar-refractivity contribution is 8.01. The first-order valence-electron chi connectivity index (χ1n) is 12.9. The number of tetrazole rings is 1. The van der Waals surface area contributed by atoms with Crippen LogP contribution < -0.4 is 16.3 Å². The zero-order chi connectivity index (χ0) is 30.2. The highest BCUT2D eigenvalue weighted by Gasteiger charge is 2.54. The van der Waals surface area contributed by atoms with Gasteiger partial charge >= 0.3 is 17.7 Å². The molecule has 0 spiro atoms. The number of β-lactam (4-membered cyclic amide) rings is 1. The topological polar surface area (TPSA) is 197 Å². The summed E-state index contributed by atoms with van der Waals surface area (Å²) in [5.74, 6) is -1.97. The molecule has 6 rings (SSSR count). The van der Waals surface area contributed by atoms with E-state index in [1.54, 1.807) is 61.6 Å². The molecule has 220 valence electrons. The number of fused-ring (bicyclic) bond motifs is 2. The maximum Gasteiger partial charge on any atom is 0.352 e. The van der Waals surface area contributed by atoms with Crippen molar-refractivity contribution >= 4 is 58.4 Å². The van der Waals surface area contributed by atoms with E-state index < -0.39 is 47.0 Å². The molecule has 0 saturated carbocycles. The summed E-state index contributed by atoms with van der Waals surface area (Å²) in [5.41, 5.74) is 0.924. The average molecular weight is 622 g/mol. The van der Waals surface area contributed by atoms with Gasteiger partial charge in [-0.05, 0) is 33.7 Å². The number of aryl methyl sites for hydroxylation is 1. The molecule has 4 heterocycles. The molecule has 0 aliphatic carbocycles. The van der Waals surface area contributed by atoms with Gasteiger partial charge in [0.15, 0.2) is 0 Å². The lowest BCUT2D eigenvalue weighted by atomic mass is 10.0. The lowest BCUT2D eigenvalue weighted by molar-refractivity contribution is -0.151. The molecule has 2 unspecified atom stereocenters. The lowest BCUT2D eigenvalue weighted by Gasteiger charge is -2.49. The second-order valence-corrected chi connectivity index (χ2v) is 11.7. The van der Waals surface area contributed by atoms with E-state index in [4.69, 9.17) is 0 Å². The highest BCUT2D eigenvalue weighted by atomic mass is 32.2. The second kappa shape index (κ2) is 11.4. The summed E-state index contributed by atoms with van der Waals surface area (Å²) >= 11 is 2.57. The molecule has 43 heavy (non-hydrogen) atoms. The molecular formula is C26H23N9O6S2. The van der Waals surface area contributed by atoms with Crippen LogP contribution in [0, 0.1) is 0 Å². The summed E-state index contributed by atoms with van der Waals surface area (Å²) < 4.78 is 2.36. The third kappa shape index (κ3) is 5.16. The molecule has 1 saturated heterocycles. The van der Waals surface area contributed by atoms with Gasteiger partial charge < -0.3 is 20.7 Å². The lowest BCUT2D eigenvalue weighted by Crippen LogP contribution is -2.71. The van der Waals surface area contributed by atoms with Crippen LogP contribution >= 0.6 is 23.5 Å². The normalized spacial score (nSPS) is 18.6. The number of nitrogens with one attached hydrogen (secondary N) is 3. The minimum atomic E-state index is -1.26. The number of hydrogen-bond donors (Lipinski definition) is 4. The molecule has 2 aliphatic heterocycles. The monoisotopic (exact) mass is 621 g/mol. The van der Waals surface area contributed by atoms with Crippen LogP contribution in [0.5, 0.6) is 0 Å². The summed E-state index contributed by atoms with van der Waals surface area (Å²) in [5, 5.41) is 26.3. The number of thioether (sulfide) groups is 2. The number of carboxylic acid groups (broad SMARTS) is 1. The van der Waals surface area contributed by atoms with Gasteiger partial charge in [-0.25, -0.2) is 23.6 Å². The van der Waals surface area contributed by atoms with Crippen molar-refractivity contribution < 1.29 is 24.3 Å². The summed E-state index contributed by atoms with van der Waals surface area (Å²) in [4.78, 5) is 68.7. The first kappa shape index (κ1) is 28.2. The van der Waals surface area contributed by atoms with Crippen LogP contribution in [0.1, 0.15) is 11.6 Å². The van der Waals surface area contributed by atoms with E-state index in [-0.39, 0.29) is 11.4 Å². The molecule has 4 aromatic rings. The van der Waals surface area contributed by atoms with Crippen molar-refractivity contribution in [3.8, 4) is 0 Å². The Hall–Kier alpha value is -4.90. The van der Waals surface area contributed by atoms with Crippen molar-refractivity contribution in [3.05, 3.63) is 81.9 Å². The van der Waals surface area contributed by atoms with Crippen molar-refractivity contribution in [1.29, 1.82) is 0 Å². The molecular weight excluding hydrogens is 598 g/mol. The van der Waals surface area contributed by atoms with Crippen molar-refractivity contribution in [3.63, 3.8) is 0 Å². The number of carboxylic acids is 1. The number of carbonyl (C=O) groups is 4. The highest BCUT2D eigenvalue weighted by Crippen LogP contribution is 2.41. The van der Waals surface area contributed by atoms with Gasteiger partial charge in [0.1, 0.15) is 23.2 Å². The summed E-state index contributed by atoms with van der Waals surface area (Å²) in [6.07, 6.45) is 0. The number of aromatic nitrogens is 6. The van der Waals surface area contributed by atoms with Crippen LogP contribution in [0.25, 0.3) is 11.0 Å². The SMILES string of the molecule is Cn1nnnc1SCC1=C(C(=O)O)N2C(=O)C(NC(=O)C(NC(=O)n3c(=O)[nH]c4ccccc43)c3ccccc3)[C@H]2SC1. The third-order valence-electron chi connectivity index (χ3n) is 6.96. The Kier molecular flexibility index (Phi) is 7.49. The summed E-state index contributed by atoms with van der Waals surface area (Å²) in [6.45, 7) is 0. The van der Waals surface area contributed by atoms with E-state index in [9.17, 15) is 29.1 Å². The van der Waals surface area contributed by atoms with Gasteiger partial charge in [-0.1, -0.05) is 54.2 Å². The molecule has 17 heteroatoms. The Labute approximate surface area is 250 Å². The molecule has 1 fully saturated rings.